The quantitative estimate of drug-likeness (QED) is 0.522. The summed E-state index contributed by atoms with van der Waals surface area (Å²) in [6.45, 7) is 2.54. The van der Waals surface area contributed by atoms with Gasteiger partial charge < -0.3 is 9.64 Å². The van der Waals surface area contributed by atoms with Gasteiger partial charge in [-0.3, -0.25) is 4.79 Å². The van der Waals surface area contributed by atoms with Crippen molar-refractivity contribution >= 4 is 5.91 Å². The van der Waals surface area contributed by atoms with Crippen molar-refractivity contribution in [2.24, 2.45) is 5.92 Å². The second-order valence-corrected chi connectivity index (χ2v) is 6.89. The molecule has 1 saturated heterocycles. The molecule has 2 rings (SSSR count). The van der Waals surface area contributed by atoms with Crippen molar-refractivity contribution in [1.82, 2.24) is 4.90 Å². The predicted molar refractivity (Wildman–Crippen MR) is 94.3 cm³/mol. The minimum atomic E-state index is -4.44. The molecular weight excluding hydrogens is 343 g/mol. The number of unbranched alkanes of at least 4 members (excludes halogenated alkanes) is 5. The summed E-state index contributed by atoms with van der Waals surface area (Å²) in [6, 6.07) is 9.06. The van der Waals surface area contributed by atoms with E-state index in [1.165, 1.54) is 11.3 Å². The van der Waals surface area contributed by atoms with Crippen LogP contribution in [0.15, 0.2) is 30.3 Å². The third-order valence-corrected chi connectivity index (χ3v) is 4.77. The first-order chi connectivity index (χ1) is 12.4. The molecule has 1 aromatic rings. The van der Waals surface area contributed by atoms with Crippen molar-refractivity contribution in [2.45, 2.75) is 70.8 Å². The van der Waals surface area contributed by atoms with Crippen molar-refractivity contribution in [1.29, 1.82) is 0 Å². The minimum Gasteiger partial charge on any atom is -0.358 e. The van der Waals surface area contributed by atoms with Crippen molar-refractivity contribution in [3.63, 3.8) is 0 Å². The summed E-state index contributed by atoms with van der Waals surface area (Å²) in [4.78, 5) is 13.4. The number of amides is 1. The van der Waals surface area contributed by atoms with Crippen LogP contribution in [0, 0.1) is 5.92 Å². The lowest BCUT2D eigenvalue weighted by molar-refractivity contribution is -0.215. The lowest BCUT2D eigenvalue weighted by atomic mass is 10.1. The molecule has 0 aliphatic carbocycles. The van der Waals surface area contributed by atoms with E-state index in [1.54, 1.807) is 12.1 Å². The van der Waals surface area contributed by atoms with Gasteiger partial charge in [0.2, 0.25) is 5.91 Å². The summed E-state index contributed by atoms with van der Waals surface area (Å²) < 4.78 is 45.6. The molecule has 1 aliphatic heterocycles. The maximum atomic E-state index is 13.4. The molecule has 1 heterocycles. The molecule has 3 nitrogen and oxygen atoms in total. The van der Waals surface area contributed by atoms with Gasteiger partial charge in [-0.1, -0.05) is 69.4 Å². The zero-order chi connectivity index (χ0) is 19.0. The lowest BCUT2D eigenvalue weighted by Gasteiger charge is -2.29. The van der Waals surface area contributed by atoms with Crippen LogP contribution >= 0.6 is 0 Å². The highest BCUT2D eigenvalue weighted by Gasteiger charge is 2.54. The molecule has 0 bridgehead atoms. The van der Waals surface area contributed by atoms with Crippen molar-refractivity contribution < 1.29 is 22.7 Å². The number of hydrogen-bond acceptors (Lipinski definition) is 2. The van der Waals surface area contributed by atoms with Crippen LogP contribution in [0.3, 0.4) is 0 Å². The number of alkyl halides is 3. The molecular formula is C20H28F3NO2. The Kier molecular flexibility index (Phi) is 7.94. The SMILES string of the molecule is CCCCCCCCOC1C(C(F)(F)F)CC(=O)N1Cc1ccccc1. The average molecular weight is 371 g/mol. The summed E-state index contributed by atoms with van der Waals surface area (Å²) in [6.07, 6.45) is 0.0133. The van der Waals surface area contributed by atoms with Crippen molar-refractivity contribution in [3.05, 3.63) is 35.9 Å². The van der Waals surface area contributed by atoms with E-state index in [0.717, 1.165) is 37.7 Å². The van der Waals surface area contributed by atoms with Crippen LogP contribution in [0.1, 0.15) is 57.4 Å². The molecule has 0 spiro atoms. The normalized spacial score (nSPS) is 20.8. The zero-order valence-corrected chi connectivity index (χ0v) is 15.3. The van der Waals surface area contributed by atoms with Crippen LogP contribution in [0.2, 0.25) is 0 Å². The molecule has 6 heteroatoms. The van der Waals surface area contributed by atoms with Gasteiger partial charge in [0.05, 0.1) is 0 Å². The summed E-state index contributed by atoms with van der Waals surface area (Å²) in [5, 5.41) is 0. The number of halogens is 3. The molecule has 2 atom stereocenters. The second kappa shape index (κ2) is 9.95. The fraction of sp³-hybridized carbons (Fsp3) is 0.650. The number of hydrogen-bond donors (Lipinski definition) is 0. The highest BCUT2D eigenvalue weighted by Crippen LogP contribution is 2.40. The average Bonchev–Trinajstić information content (AvgIpc) is 2.91. The second-order valence-electron chi connectivity index (χ2n) is 6.89. The standard InChI is InChI=1S/C20H28F3NO2/c1-2-3-4-5-6-10-13-26-19-17(20(21,22)23)14-18(25)24(19)15-16-11-8-7-9-12-16/h7-9,11-12,17,19H,2-6,10,13-15H2,1H3. The molecule has 0 saturated carbocycles. The first kappa shape index (κ1) is 20.7. The number of likely N-dealkylation sites (tertiary alicyclic amines) is 1. The Morgan fingerprint density at radius 2 is 1.73 bits per heavy atom. The van der Waals surface area contributed by atoms with E-state index in [2.05, 4.69) is 6.92 Å². The third-order valence-electron chi connectivity index (χ3n) is 4.77. The van der Waals surface area contributed by atoms with E-state index < -0.39 is 30.7 Å². The Morgan fingerprint density at radius 3 is 2.38 bits per heavy atom. The maximum absolute atomic E-state index is 13.4. The van der Waals surface area contributed by atoms with Crippen LogP contribution in [0.5, 0.6) is 0 Å². The molecule has 146 valence electrons. The molecule has 0 N–H and O–H groups in total. The van der Waals surface area contributed by atoms with E-state index in [0.29, 0.717) is 0 Å². The maximum Gasteiger partial charge on any atom is 0.396 e. The number of carbonyl (C=O) groups is 1. The van der Waals surface area contributed by atoms with Crippen LogP contribution in [-0.4, -0.2) is 29.8 Å². The topological polar surface area (TPSA) is 29.5 Å². The van der Waals surface area contributed by atoms with Crippen LogP contribution < -0.4 is 0 Å². The third kappa shape index (κ3) is 6.01. The van der Waals surface area contributed by atoms with Gasteiger partial charge in [0.25, 0.3) is 0 Å². The largest absolute Gasteiger partial charge is 0.396 e. The van der Waals surface area contributed by atoms with Gasteiger partial charge in [0.15, 0.2) is 0 Å². The highest BCUT2D eigenvalue weighted by molar-refractivity contribution is 5.79. The molecule has 0 aromatic heterocycles. The predicted octanol–water partition coefficient (Wildman–Crippen LogP) is 5.30. The van der Waals surface area contributed by atoms with Gasteiger partial charge in [-0.05, 0) is 12.0 Å². The fourth-order valence-electron chi connectivity index (χ4n) is 3.29. The van der Waals surface area contributed by atoms with E-state index in [1.807, 2.05) is 18.2 Å². The monoisotopic (exact) mass is 371 g/mol. The van der Waals surface area contributed by atoms with Gasteiger partial charge >= 0.3 is 6.18 Å². The first-order valence-electron chi connectivity index (χ1n) is 9.45. The molecule has 26 heavy (non-hydrogen) atoms. The summed E-state index contributed by atoms with van der Waals surface area (Å²) in [5.41, 5.74) is 0.803. The zero-order valence-electron chi connectivity index (χ0n) is 15.3. The summed E-state index contributed by atoms with van der Waals surface area (Å²) >= 11 is 0. The Morgan fingerprint density at radius 1 is 1.08 bits per heavy atom. The van der Waals surface area contributed by atoms with E-state index in [4.69, 9.17) is 4.74 Å². The van der Waals surface area contributed by atoms with Crippen molar-refractivity contribution in [2.75, 3.05) is 6.61 Å². The molecule has 1 fully saturated rings. The number of ether oxygens (including phenoxy) is 1. The fourth-order valence-corrected chi connectivity index (χ4v) is 3.29. The van der Waals surface area contributed by atoms with Gasteiger partial charge in [0.1, 0.15) is 12.1 Å². The Balaban J connectivity index is 1.94. The van der Waals surface area contributed by atoms with Gasteiger partial charge in [-0.2, -0.15) is 13.2 Å². The molecule has 1 aliphatic rings. The Bertz CT molecular complexity index is 548. The lowest BCUT2D eigenvalue weighted by Crippen LogP contribution is -2.41. The van der Waals surface area contributed by atoms with Gasteiger partial charge in [-0.15, -0.1) is 0 Å². The number of benzene rings is 1. The van der Waals surface area contributed by atoms with Crippen LogP contribution in [0.4, 0.5) is 13.2 Å². The van der Waals surface area contributed by atoms with E-state index in [-0.39, 0.29) is 13.2 Å². The molecule has 1 amide bonds. The van der Waals surface area contributed by atoms with Crippen LogP contribution in [-0.2, 0) is 16.1 Å². The molecule has 0 radical (unpaired) electrons. The number of rotatable bonds is 10. The van der Waals surface area contributed by atoms with Crippen LogP contribution in [0.25, 0.3) is 0 Å². The summed E-state index contributed by atoms with van der Waals surface area (Å²) in [7, 11) is 0. The van der Waals surface area contributed by atoms with Gasteiger partial charge in [0, 0.05) is 19.6 Å². The van der Waals surface area contributed by atoms with E-state index >= 15 is 0 Å². The number of nitrogens with zero attached hydrogens (tertiary/aromatic N) is 1. The Labute approximate surface area is 153 Å². The highest BCUT2D eigenvalue weighted by atomic mass is 19.4. The Hall–Kier alpha value is -1.56. The van der Waals surface area contributed by atoms with Crippen molar-refractivity contribution in [3.8, 4) is 0 Å². The first-order valence-corrected chi connectivity index (χ1v) is 9.45. The minimum absolute atomic E-state index is 0.146. The number of carbonyl (C=O) groups excluding carboxylic acids is 1. The molecule has 1 aromatic carbocycles. The smallest absolute Gasteiger partial charge is 0.358 e. The molecule has 2 unspecified atom stereocenters. The van der Waals surface area contributed by atoms with Gasteiger partial charge in [-0.25, -0.2) is 0 Å². The van der Waals surface area contributed by atoms with E-state index in [9.17, 15) is 18.0 Å². The summed E-state index contributed by atoms with van der Waals surface area (Å²) in [5.74, 6) is -2.25.